The van der Waals surface area contributed by atoms with Gasteiger partial charge in [-0.2, -0.15) is 5.10 Å². The lowest BCUT2D eigenvalue weighted by molar-refractivity contribution is 0.000592. The Balaban J connectivity index is 1.55. The molecular formula is C24H26FN5O3. The normalized spacial score (nSPS) is 18.1. The van der Waals surface area contributed by atoms with E-state index in [1.165, 1.54) is 4.68 Å². The predicted octanol–water partition coefficient (Wildman–Crippen LogP) is 2.77. The highest BCUT2D eigenvalue weighted by atomic mass is 19.1. The lowest BCUT2D eigenvalue weighted by atomic mass is 10.0. The highest BCUT2D eigenvalue weighted by Gasteiger charge is 2.32. The molecule has 33 heavy (non-hydrogen) atoms. The van der Waals surface area contributed by atoms with Gasteiger partial charge in [0.1, 0.15) is 23.2 Å². The van der Waals surface area contributed by atoms with Crippen LogP contribution in [0.4, 0.5) is 10.2 Å². The van der Waals surface area contributed by atoms with E-state index in [2.05, 4.69) is 10.4 Å². The standard InChI is InChI=1S/C24H26FN5O3/c1-14-4-2-3-5-17(14)24(32)28-12-15-6-8-16(9-7-15)21-20(23(27)31)22(26)30(29-21)19-10-11-33-13-18(19)25/h2-9,18-19H,10-13,26H2,1H3,(H2,27,31)(H,28,32)/t18-,19-/m1/s1. The molecule has 1 fully saturated rings. The number of ether oxygens (including phenoxy) is 1. The largest absolute Gasteiger partial charge is 0.383 e. The van der Waals surface area contributed by atoms with E-state index in [0.29, 0.717) is 36.4 Å². The molecule has 0 spiro atoms. The molecule has 1 aromatic heterocycles. The summed E-state index contributed by atoms with van der Waals surface area (Å²) in [6.45, 7) is 2.55. The summed E-state index contributed by atoms with van der Waals surface area (Å²) in [6, 6.07) is 13.9. The summed E-state index contributed by atoms with van der Waals surface area (Å²) in [6.07, 6.45) is -0.890. The molecule has 2 amide bonds. The van der Waals surface area contributed by atoms with Crippen molar-refractivity contribution in [2.24, 2.45) is 5.73 Å². The molecular weight excluding hydrogens is 425 g/mol. The van der Waals surface area contributed by atoms with Gasteiger partial charge in [0.15, 0.2) is 0 Å². The summed E-state index contributed by atoms with van der Waals surface area (Å²) < 4.78 is 20.9. The molecule has 3 aromatic rings. The van der Waals surface area contributed by atoms with Gasteiger partial charge in [0.05, 0.1) is 12.6 Å². The van der Waals surface area contributed by atoms with Gasteiger partial charge in [-0.1, -0.05) is 42.5 Å². The monoisotopic (exact) mass is 451 g/mol. The van der Waals surface area contributed by atoms with Crippen LogP contribution in [0.15, 0.2) is 48.5 Å². The quantitative estimate of drug-likeness (QED) is 0.531. The Hall–Kier alpha value is -3.72. The maximum Gasteiger partial charge on any atom is 0.254 e. The minimum Gasteiger partial charge on any atom is -0.383 e. The number of carbonyl (C=O) groups is 2. The van der Waals surface area contributed by atoms with Crippen LogP contribution >= 0.6 is 0 Å². The average molecular weight is 452 g/mol. The number of hydrogen-bond donors (Lipinski definition) is 3. The van der Waals surface area contributed by atoms with Gasteiger partial charge in [0.25, 0.3) is 11.8 Å². The molecule has 0 saturated carbocycles. The smallest absolute Gasteiger partial charge is 0.254 e. The number of primary amides is 1. The number of rotatable bonds is 6. The summed E-state index contributed by atoms with van der Waals surface area (Å²) in [4.78, 5) is 24.6. The molecule has 2 atom stereocenters. The highest BCUT2D eigenvalue weighted by molar-refractivity contribution is 6.03. The number of halogens is 1. The fourth-order valence-electron chi connectivity index (χ4n) is 4.00. The van der Waals surface area contributed by atoms with Crippen LogP contribution < -0.4 is 16.8 Å². The molecule has 172 valence electrons. The molecule has 9 heteroatoms. The lowest BCUT2D eigenvalue weighted by Gasteiger charge is -2.27. The number of carbonyl (C=O) groups excluding carboxylic acids is 2. The van der Waals surface area contributed by atoms with Crippen LogP contribution in [0.25, 0.3) is 11.3 Å². The Morgan fingerprint density at radius 1 is 1.21 bits per heavy atom. The van der Waals surface area contributed by atoms with Gasteiger partial charge in [0.2, 0.25) is 0 Å². The lowest BCUT2D eigenvalue weighted by Crippen LogP contribution is -2.32. The summed E-state index contributed by atoms with van der Waals surface area (Å²) in [5.74, 6) is -0.843. The zero-order chi connectivity index (χ0) is 23.5. The summed E-state index contributed by atoms with van der Waals surface area (Å²) in [5.41, 5.74) is 15.1. The van der Waals surface area contributed by atoms with Crippen molar-refractivity contribution in [3.63, 3.8) is 0 Å². The molecule has 0 radical (unpaired) electrons. The topological polar surface area (TPSA) is 125 Å². The van der Waals surface area contributed by atoms with Gasteiger partial charge < -0.3 is 21.5 Å². The number of nitrogen functional groups attached to an aromatic ring is 1. The molecule has 2 aromatic carbocycles. The number of aryl methyl sites for hydroxylation is 1. The minimum absolute atomic E-state index is 0.0432. The first-order valence-corrected chi connectivity index (χ1v) is 10.7. The van der Waals surface area contributed by atoms with Crippen molar-refractivity contribution in [2.75, 3.05) is 18.9 Å². The number of nitrogens with two attached hydrogens (primary N) is 2. The second-order valence-electron chi connectivity index (χ2n) is 8.06. The van der Waals surface area contributed by atoms with Crippen LogP contribution in [0.3, 0.4) is 0 Å². The van der Waals surface area contributed by atoms with Gasteiger partial charge in [-0.25, -0.2) is 9.07 Å². The first-order chi connectivity index (χ1) is 15.9. The van der Waals surface area contributed by atoms with E-state index in [1.807, 2.05) is 37.3 Å². The van der Waals surface area contributed by atoms with E-state index in [4.69, 9.17) is 16.2 Å². The molecule has 1 aliphatic rings. The van der Waals surface area contributed by atoms with Crippen molar-refractivity contribution >= 4 is 17.6 Å². The van der Waals surface area contributed by atoms with Gasteiger partial charge in [-0.15, -0.1) is 0 Å². The maximum absolute atomic E-state index is 14.4. The van der Waals surface area contributed by atoms with Crippen LogP contribution in [0.1, 0.15) is 44.3 Å². The third-order valence-electron chi connectivity index (χ3n) is 5.83. The van der Waals surface area contributed by atoms with Crippen molar-refractivity contribution in [2.45, 2.75) is 32.1 Å². The van der Waals surface area contributed by atoms with E-state index in [1.54, 1.807) is 18.2 Å². The number of hydrogen-bond acceptors (Lipinski definition) is 5. The SMILES string of the molecule is Cc1ccccc1C(=O)NCc1ccc(-c2nn([C@@H]3CCOC[C@H]3F)c(N)c2C(N)=O)cc1. The molecule has 1 saturated heterocycles. The summed E-state index contributed by atoms with van der Waals surface area (Å²) in [5, 5.41) is 7.35. The zero-order valence-corrected chi connectivity index (χ0v) is 18.3. The summed E-state index contributed by atoms with van der Waals surface area (Å²) in [7, 11) is 0. The number of amides is 2. The first-order valence-electron chi connectivity index (χ1n) is 10.7. The van der Waals surface area contributed by atoms with Crippen molar-refractivity contribution in [3.8, 4) is 11.3 Å². The Morgan fingerprint density at radius 3 is 2.61 bits per heavy atom. The van der Waals surface area contributed by atoms with Crippen LogP contribution in [-0.2, 0) is 11.3 Å². The number of alkyl halides is 1. The van der Waals surface area contributed by atoms with Gasteiger partial charge in [-0.05, 0) is 30.5 Å². The van der Waals surface area contributed by atoms with E-state index in [0.717, 1.165) is 11.1 Å². The molecule has 5 N–H and O–H groups in total. The third-order valence-corrected chi connectivity index (χ3v) is 5.83. The summed E-state index contributed by atoms with van der Waals surface area (Å²) >= 11 is 0. The van der Waals surface area contributed by atoms with Gasteiger partial charge in [0, 0.05) is 24.3 Å². The van der Waals surface area contributed by atoms with E-state index in [-0.39, 0.29) is 23.9 Å². The van der Waals surface area contributed by atoms with Gasteiger partial charge >= 0.3 is 0 Å². The van der Waals surface area contributed by atoms with E-state index in [9.17, 15) is 14.0 Å². The molecule has 8 nitrogen and oxygen atoms in total. The molecule has 0 aliphatic carbocycles. The molecule has 0 bridgehead atoms. The third kappa shape index (κ3) is 4.58. The number of anilines is 1. The predicted molar refractivity (Wildman–Crippen MR) is 122 cm³/mol. The number of nitrogens with zero attached hydrogens (tertiary/aromatic N) is 2. The molecule has 0 unspecified atom stereocenters. The van der Waals surface area contributed by atoms with Crippen LogP contribution in [0, 0.1) is 6.92 Å². The van der Waals surface area contributed by atoms with Crippen molar-refractivity contribution in [1.29, 1.82) is 0 Å². The Morgan fingerprint density at radius 2 is 1.94 bits per heavy atom. The van der Waals surface area contributed by atoms with Crippen LogP contribution in [0.2, 0.25) is 0 Å². The van der Waals surface area contributed by atoms with Crippen molar-refractivity contribution in [3.05, 3.63) is 70.8 Å². The van der Waals surface area contributed by atoms with Crippen LogP contribution in [-0.4, -0.2) is 41.0 Å². The molecule has 4 rings (SSSR count). The maximum atomic E-state index is 14.4. The van der Waals surface area contributed by atoms with E-state index < -0.39 is 18.1 Å². The Labute approximate surface area is 190 Å². The Bertz CT molecular complexity index is 1180. The average Bonchev–Trinajstić information content (AvgIpc) is 3.15. The van der Waals surface area contributed by atoms with Crippen molar-refractivity contribution < 1.29 is 18.7 Å². The second kappa shape index (κ2) is 9.41. The first kappa shape index (κ1) is 22.5. The van der Waals surface area contributed by atoms with Gasteiger partial charge in [-0.3, -0.25) is 9.59 Å². The molecule has 1 aliphatic heterocycles. The zero-order valence-electron chi connectivity index (χ0n) is 18.3. The number of benzene rings is 2. The van der Waals surface area contributed by atoms with E-state index >= 15 is 0 Å². The molecule has 2 heterocycles. The fraction of sp³-hybridized carbons (Fsp3) is 0.292. The van der Waals surface area contributed by atoms with Crippen LogP contribution in [0.5, 0.6) is 0 Å². The number of aromatic nitrogens is 2. The fourth-order valence-corrected chi connectivity index (χ4v) is 4.00. The number of nitrogens with one attached hydrogen (secondary N) is 1. The van der Waals surface area contributed by atoms with Crippen molar-refractivity contribution in [1.82, 2.24) is 15.1 Å². The Kier molecular flexibility index (Phi) is 6.41. The minimum atomic E-state index is -1.28. The highest BCUT2D eigenvalue weighted by Crippen LogP contribution is 2.33. The second-order valence-corrected chi connectivity index (χ2v) is 8.06.